The van der Waals surface area contributed by atoms with E-state index in [1.54, 1.807) is 6.20 Å². The minimum Gasteiger partial charge on any atom is -0.353 e. The Morgan fingerprint density at radius 2 is 2.00 bits per heavy atom. The number of nitrogens with two attached hydrogens (primary N) is 1. The molecule has 0 bridgehead atoms. The molecule has 1 aromatic heterocycles. The molecule has 7 nitrogen and oxygen atoms in total. The van der Waals surface area contributed by atoms with Crippen molar-refractivity contribution in [3.8, 4) is 0 Å². The van der Waals surface area contributed by atoms with Gasteiger partial charge in [-0.1, -0.05) is 6.42 Å². The Morgan fingerprint density at radius 3 is 2.61 bits per heavy atom. The van der Waals surface area contributed by atoms with Crippen LogP contribution in [0.1, 0.15) is 19.3 Å². The molecule has 3 rings (SSSR count). The van der Waals surface area contributed by atoms with Gasteiger partial charge in [0.2, 0.25) is 11.9 Å². The van der Waals surface area contributed by atoms with Gasteiger partial charge in [-0.15, -0.1) is 0 Å². The van der Waals surface area contributed by atoms with Gasteiger partial charge in [0.1, 0.15) is 5.82 Å². The third-order valence-corrected chi connectivity index (χ3v) is 4.83. The SMILES string of the molecule is CN(C)c1nccc(N2CCN(C(=O)[C@H]3CCC[C@@H]3N)CC2)n1. The number of anilines is 2. The molecule has 1 saturated carbocycles. The molecule has 0 spiro atoms. The normalized spacial score (nSPS) is 24.8. The zero-order chi connectivity index (χ0) is 16.4. The van der Waals surface area contributed by atoms with Crippen LogP contribution < -0.4 is 15.5 Å². The predicted octanol–water partition coefficient (Wildman–Crippen LogP) is 0.319. The minimum absolute atomic E-state index is 0.0287. The molecule has 2 heterocycles. The molecule has 0 aromatic carbocycles. The number of aromatic nitrogens is 2. The molecule has 1 aromatic rings. The number of piperazine rings is 1. The summed E-state index contributed by atoms with van der Waals surface area (Å²) in [4.78, 5) is 27.5. The van der Waals surface area contributed by atoms with Gasteiger partial charge in [0.05, 0.1) is 5.92 Å². The highest BCUT2D eigenvalue weighted by Gasteiger charge is 2.34. The summed E-state index contributed by atoms with van der Waals surface area (Å²) in [6.07, 6.45) is 4.78. The number of nitrogens with zero attached hydrogens (tertiary/aromatic N) is 5. The van der Waals surface area contributed by atoms with Gasteiger partial charge in [0.25, 0.3) is 0 Å². The van der Waals surface area contributed by atoms with E-state index in [9.17, 15) is 4.79 Å². The number of carbonyl (C=O) groups is 1. The lowest BCUT2D eigenvalue weighted by Gasteiger charge is -2.37. The molecule has 0 radical (unpaired) electrons. The quantitative estimate of drug-likeness (QED) is 0.865. The van der Waals surface area contributed by atoms with Crippen molar-refractivity contribution in [3.63, 3.8) is 0 Å². The highest BCUT2D eigenvalue weighted by atomic mass is 16.2. The minimum atomic E-state index is 0.0287. The van der Waals surface area contributed by atoms with Gasteiger partial charge >= 0.3 is 0 Å². The Balaban J connectivity index is 1.60. The fourth-order valence-electron chi connectivity index (χ4n) is 3.42. The molecular formula is C16H26N6O. The van der Waals surface area contributed by atoms with E-state index in [1.807, 2.05) is 30.0 Å². The first-order valence-corrected chi connectivity index (χ1v) is 8.36. The predicted molar refractivity (Wildman–Crippen MR) is 90.5 cm³/mol. The fourth-order valence-corrected chi connectivity index (χ4v) is 3.42. The van der Waals surface area contributed by atoms with E-state index in [2.05, 4.69) is 14.9 Å². The van der Waals surface area contributed by atoms with E-state index in [4.69, 9.17) is 5.73 Å². The van der Waals surface area contributed by atoms with Crippen molar-refractivity contribution in [3.05, 3.63) is 12.3 Å². The molecule has 126 valence electrons. The number of hydrogen-bond acceptors (Lipinski definition) is 6. The Bertz CT molecular complexity index is 555. The summed E-state index contributed by atoms with van der Waals surface area (Å²) in [5.41, 5.74) is 6.07. The van der Waals surface area contributed by atoms with Crippen LogP contribution >= 0.6 is 0 Å². The molecule has 1 saturated heterocycles. The Hall–Kier alpha value is -1.89. The molecule has 2 atom stereocenters. The molecule has 2 aliphatic rings. The highest BCUT2D eigenvalue weighted by Crippen LogP contribution is 2.26. The van der Waals surface area contributed by atoms with Gasteiger partial charge in [-0.3, -0.25) is 4.79 Å². The molecule has 2 fully saturated rings. The topological polar surface area (TPSA) is 78.6 Å². The number of hydrogen-bond donors (Lipinski definition) is 1. The maximum Gasteiger partial charge on any atom is 0.227 e. The van der Waals surface area contributed by atoms with Crippen molar-refractivity contribution in [2.75, 3.05) is 50.1 Å². The average molecular weight is 318 g/mol. The van der Waals surface area contributed by atoms with Crippen LogP contribution in [-0.2, 0) is 4.79 Å². The Kier molecular flexibility index (Phi) is 4.66. The molecule has 7 heteroatoms. The molecule has 2 N–H and O–H groups in total. The highest BCUT2D eigenvalue weighted by molar-refractivity contribution is 5.80. The van der Waals surface area contributed by atoms with Crippen LogP contribution in [0.25, 0.3) is 0 Å². The zero-order valence-corrected chi connectivity index (χ0v) is 14.0. The van der Waals surface area contributed by atoms with Crippen molar-refractivity contribution in [1.82, 2.24) is 14.9 Å². The monoisotopic (exact) mass is 318 g/mol. The number of rotatable bonds is 3. The van der Waals surface area contributed by atoms with Crippen LogP contribution in [0.15, 0.2) is 12.3 Å². The lowest BCUT2D eigenvalue weighted by atomic mass is 10.0. The maximum absolute atomic E-state index is 12.6. The summed E-state index contributed by atoms with van der Waals surface area (Å²) < 4.78 is 0. The molecule has 23 heavy (non-hydrogen) atoms. The van der Waals surface area contributed by atoms with E-state index >= 15 is 0 Å². The van der Waals surface area contributed by atoms with Gasteiger partial charge in [-0.05, 0) is 18.9 Å². The van der Waals surface area contributed by atoms with Gasteiger partial charge in [-0.2, -0.15) is 4.98 Å². The summed E-state index contributed by atoms with van der Waals surface area (Å²) in [5, 5.41) is 0. The van der Waals surface area contributed by atoms with Crippen molar-refractivity contribution in [2.45, 2.75) is 25.3 Å². The van der Waals surface area contributed by atoms with Gasteiger partial charge in [0.15, 0.2) is 0 Å². The second kappa shape index (κ2) is 6.70. The van der Waals surface area contributed by atoms with E-state index in [0.29, 0.717) is 5.95 Å². The van der Waals surface area contributed by atoms with Crippen LogP contribution in [0.3, 0.4) is 0 Å². The lowest BCUT2D eigenvalue weighted by molar-refractivity contribution is -0.136. The molecule has 0 unspecified atom stereocenters. The van der Waals surface area contributed by atoms with Gasteiger partial charge < -0.3 is 20.4 Å². The third-order valence-electron chi connectivity index (χ3n) is 4.83. The standard InChI is InChI=1S/C16H26N6O/c1-20(2)16-18-7-6-14(19-16)21-8-10-22(11-9-21)15(23)12-4-3-5-13(12)17/h6-7,12-13H,3-5,8-11,17H2,1-2H3/t12-,13-/m0/s1. The van der Waals surface area contributed by atoms with E-state index in [1.165, 1.54) is 0 Å². The molecule has 1 amide bonds. The summed E-state index contributed by atoms with van der Waals surface area (Å²) in [7, 11) is 3.86. The van der Waals surface area contributed by atoms with Crippen LogP contribution in [-0.4, -0.2) is 67.1 Å². The van der Waals surface area contributed by atoms with Gasteiger partial charge in [-0.25, -0.2) is 4.98 Å². The maximum atomic E-state index is 12.6. The van der Waals surface area contributed by atoms with Gasteiger partial charge in [0, 0.05) is 52.5 Å². The van der Waals surface area contributed by atoms with Crippen molar-refractivity contribution < 1.29 is 4.79 Å². The summed E-state index contributed by atoms with van der Waals surface area (Å²) in [5.74, 6) is 1.90. The second-order valence-electron chi connectivity index (χ2n) is 6.62. The average Bonchev–Trinajstić information content (AvgIpc) is 3.00. The summed E-state index contributed by atoms with van der Waals surface area (Å²) in [6.45, 7) is 3.09. The van der Waals surface area contributed by atoms with Crippen molar-refractivity contribution in [2.24, 2.45) is 11.7 Å². The first kappa shape index (κ1) is 16.0. The summed E-state index contributed by atoms with van der Waals surface area (Å²) >= 11 is 0. The lowest BCUT2D eigenvalue weighted by Crippen LogP contribution is -2.52. The largest absolute Gasteiger partial charge is 0.353 e. The number of amides is 1. The smallest absolute Gasteiger partial charge is 0.227 e. The van der Waals surface area contributed by atoms with Crippen molar-refractivity contribution in [1.29, 1.82) is 0 Å². The molecular weight excluding hydrogens is 292 g/mol. The second-order valence-corrected chi connectivity index (χ2v) is 6.62. The van der Waals surface area contributed by atoms with Crippen LogP contribution in [0.2, 0.25) is 0 Å². The number of carbonyl (C=O) groups excluding carboxylic acids is 1. The van der Waals surface area contributed by atoms with Crippen LogP contribution in [0.5, 0.6) is 0 Å². The Morgan fingerprint density at radius 1 is 1.26 bits per heavy atom. The van der Waals surface area contributed by atoms with Crippen LogP contribution in [0.4, 0.5) is 11.8 Å². The zero-order valence-electron chi connectivity index (χ0n) is 14.0. The van der Waals surface area contributed by atoms with Crippen molar-refractivity contribution >= 4 is 17.7 Å². The van der Waals surface area contributed by atoms with E-state index in [0.717, 1.165) is 51.3 Å². The third kappa shape index (κ3) is 3.39. The molecule has 1 aliphatic carbocycles. The first-order chi connectivity index (χ1) is 11.1. The molecule has 1 aliphatic heterocycles. The van der Waals surface area contributed by atoms with Crippen LogP contribution in [0, 0.1) is 5.92 Å². The Labute approximate surface area is 137 Å². The van der Waals surface area contributed by atoms with E-state index in [-0.39, 0.29) is 17.9 Å². The fraction of sp³-hybridized carbons (Fsp3) is 0.688. The van der Waals surface area contributed by atoms with E-state index < -0.39 is 0 Å². The summed E-state index contributed by atoms with van der Waals surface area (Å²) in [6, 6.07) is 1.97. The first-order valence-electron chi connectivity index (χ1n) is 8.36.